The maximum atomic E-state index is 15.4. The summed E-state index contributed by atoms with van der Waals surface area (Å²) in [5, 5.41) is 4.34. The van der Waals surface area contributed by atoms with Crippen LogP contribution >= 0.6 is 14.3 Å². The first-order chi connectivity index (χ1) is 20.6. The van der Waals surface area contributed by atoms with Crippen molar-refractivity contribution in [2.24, 2.45) is 11.8 Å². The first kappa shape index (κ1) is 26.7. The molecule has 1 fully saturated rings. The highest BCUT2D eigenvalue weighted by Crippen LogP contribution is 2.60. The third kappa shape index (κ3) is 4.64. The molecule has 1 saturated carbocycles. The summed E-state index contributed by atoms with van der Waals surface area (Å²) in [5.74, 6) is 1.80. The van der Waals surface area contributed by atoms with Crippen LogP contribution in [0, 0.1) is 11.8 Å². The van der Waals surface area contributed by atoms with E-state index in [0.29, 0.717) is 34.0 Å². The molecular formula is C37H30O3P2. The topological polar surface area (TPSA) is 43.4 Å². The molecule has 2 unspecified atom stereocenters. The van der Waals surface area contributed by atoms with Gasteiger partial charge >= 0.3 is 0 Å². The summed E-state index contributed by atoms with van der Waals surface area (Å²) in [4.78, 5) is 0. The summed E-state index contributed by atoms with van der Waals surface area (Å²) in [5.41, 5.74) is 0. The first-order valence-corrected chi connectivity index (χ1v) is 17.6. The average Bonchev–Trinajstić information content (AvgIpc) is 3.84. The molecule has 5 aromatic carbocycles. The number of para-hydroxylation sites is 1. The number of hydrogen-bond donors (Lipinski definition) is 0. The second-order valence-corrected chi connectivity index (χ2v) is 16.2. The van der Waals surface area contributed by atoms with Gasteiger partial charge in [0.25, 0.3) is 0 Å². The van der Waals surface area contributed by atoms with E-state index in [4.69, 9.17) is 4.74 Å². The fourth-order valence-corrected chi connectivity index (χ4v) is 11.5. The molecule has 0 bridgehead atoms. The van der Waals surface area contributed by atoms with Crippen LogP contribution in [-0.4, -0.2) is 0 Å². The Kier molecular flexibility index (Phi) is 6.95. The highest BCUT2D eigenvalue weighted by molar-refractivity contribution is 7.85. The summed E-state index contributed by atoms with van der Waals surface area (Å²) in [7, 11) is -6.58. The molecule has 5 heteroatoms. The fraction of sp³-hybridized carbons (Fsp3) is 0.0811. The lowest BCUT2D eigenvalue weighted by molar-refractivity contribution is 0.437. The smallest absolute Gasteiger partial charge is 0.174 e. The molecule has 5 aromatic rings. The van der Waals surface area contributed by atoms with E-state index in [1.165, 1.54) is 0 Å². The zero-order valence-electron chi connectivity index (χ0n) is 23.0. The Morgan fingerprint density at radius 1 is 0.476 bits per heavy atom. The zero-order chi connectivity index (χ0) is 28.6. The van der Waals surface area contributed by atoms with E-state index in [1.807, 2.05) is 146 Å². The van der Waals surface area contributed by atoms with Crippen LogP contribution < -0.4 is 31.3 Å². The largest absolute Gasteiger partial charge is 0.456 e. The SMILES string of the molecule is O=P(C1=CC2CC2C=C1Oc1ccccc1P(=O)(c1ccccc1)c1ccccc1)(c1ccccc1)c1ccccc1. The Bertz CT molecular complexity index is 1790. The summed E-state index contributed by atoms with van der Waals surface area (Å²) in [6.07, 6.45) is 5.30. The van der Waals surface area contributed by atoms with E-state index in [0.717, 1.165) is 27.6 Å². The van der Waals surface area contributed by atoms with E-state index in [1.54, 1.807) is 0 Å². The Balaban J connectivity index is 1.38. The first-order valence-electron chi connectivity index (χ1n) is 14.2. The highest BCUT2D eigenvalue weighted by Gasteiger charge is 2.45. The zero-order valence-corrected chi connectivity index (χ0v) is 24.8. The molecule has 0 radical (unpaired) electrons. The van der Waals surface area contributed by atoms with Crippen LogP contribution in [0.25, 0.3) is 0 Å². The number of hydrogen-bond acceptors (Lipinski definition) is 3. The van der Waals surface area contributed by atoms with Gasteiger partial charge in [0.15, 0.2) is 14.3 Å². The fourth-order valence-electron chi connectivity index (χ4n) is 5.86. The van der Waals surface area contributed by atoms with Crippen molar-refractivity contribution >= 4 is 40.8 Å². The number of benzene rings is 5. The van der Waals surface area contributed by atoms with Gasteiger partial charge in [0.1, 0.15) is 11.5 Å². The third-order valence-electron chi connectivity index (χ3n) is 8.12. The molecule has 2 aliphatic carbocycles. The maximum absolute atomic E-state index is 15.4. The minimum atomic E-state index is -3.30. The van der Waals surface area contributed by atoms with Crippen LogP contribution in [0.2, 0.25) is 0 Å². The van der Waals surface area contributed by atoms with Crippen LogP contribution in [0.4, 0.5) is 0 Å². The van der Waals surface area contributed by atoms with Gasteiger partial charge in [-0.05, 0) is 36.5 Å². The number of allylic oxidation sites excluding steroid dienone is 3. The van der Waals surface area contributed by atoms with Gasteiger partial charge in [-0.15, -0.1) is 0 Å². The van der Waals surface area contributed by atoms with E-state index < -0.39 is 14.3 Å². The van der Waals surface area contributed by atoms with Crippen LogP contribution in [0.1, 0.15) is 6.42 Å². The number of fused-ring (bicyclic) bond motifs is 1. The average molecular weight is 585 g/mol. The Morgan fingerprint density at radius 3 is 1.38 bits per heavy atom. The van der Waals surface area contributed by atoms with Gasteiger partial charge < -0.3 is 13.9 Å². The van der Waals surface area contributed by atoms with E-state index in [-0.39, 0.29) is 0 Å². The van der Waals surface area contributed by atoms with Gasteiger partial charge in [-0.1, -0.05) is 140 Å². The summed E-state index contributed by atoms with van der Waals surface area (Å²) in [6.45, 7) is 0. The van der Waals surface area contributed by atoms with Crippen molar-refractivity contribution in [1.29, 1.82) is 0 Å². The van der Waals surface area contributed by atoms with Gasteiger partial charge in [0.05, 0.1) is 10.6 Å². The molecule has 0 aliphatic heterocycles. The predicted molar refractivity (Wildman–Crippen MR) is 174 cm³/mol. The molecule has 0 saturated heterocycles. The van der Waals surface area contributed by atoms with E-state index in [9.17, 15) is 0 Å². The van der Waals surface area contributed by atoms with Crippen LogP contribution in [0.3, 0.4) is 0 Å². The third-order valence-corrected chi connectivity index (χ3v) is 14.3. The van der Waals surface area contributed by atoms with Crippen molar-refractivity contribution in [1.82, 2.24) is 0 Å². The monoisotopic (exact) mass is 584 g/mol. The molecule has 0 aromatic heterocycles. The molecule has 0 amide bonds. The van der Waals surface area contributed by atoms with Crippen LogP contribution in [-0.2, 0) is 9.13 Å². The predicted octanol–water partition coefficient (Wildman–Crippen LogP) is 7.14. The molecule has 7 rings (SSSR count). The van der Waals surface area contributed by atoms with Gasteiger partial charge in [-0.25, -0.2) is 0 Å². The van der Waals surface area contributed by atoms with Crippen molar-refractivity contribution in [3.05, 3.63) is 169 Å². The Hall–Kier alpha value is -4.16. The Labute approximate surface area is 247 Å². The Morgan fingerprint density at radius 2 is 0.881 bits per heavy atom. The maximum Gasteiger partial charge on any atom is 0.174 e. The van der Waals surface area contributed by atoms with Crippen molar-refractivity contribution in [3.63, 3.8) is 0 Å². The molecule has 3 nitrogen and oxygen atoms in total. The molecule has 0 spiro atoms. The molecule has 206 valence electrons. The van der Waals surface area contributed by atoms with Crippen molar-refractivity contribution in [2.45, 2.75) is 6.42 Å². The lowest BCUT2D eigenvalue weighted by Crippen LogP contribution is -2.27. The minimum absolute atomic E-state index is 0.350. The highest BCUT2D eigenvalue weighted by atomic mass is 31.2. The molecule has 42 heavy (non-hydrogen) atoms. The quantitative estimate of drug-likeness (QED) is 0.182. The summed E-state index contributed by atoms with van der Waals surface area (Å²) >= 11 is 0. The minimum Gasteiger partial charge on any atom is -0.456 e. The number of rotatable bonds is 8. The van der Waals surface area contributed by atoms with Gasteiger partial charge in [-0.3, -0.25) is 0 Å². The van der Waals surface area contributed by atoms with E-state index >= 15 is 9.13 Å². The summed E-state index contributed by atoms with van der Waals surface area (Å²) in [6, 6.07) is 46.2. The molecule has 2 aliphatic rings. The molecular weight excluding hydrogens is 554 g/mol. The molecule has 0 heterocycles. The second kappa shape index (κ2) is 10.9. The lowest BCUT2D eigenvalue weighted by atomic mass is 10.2. The van der Waals surface area contributed by atoms with Crippen LogP contribution in [0.5, 0.6) is 5.75 Å². The van der Waals surface area contributed by atoms with Crippen molar-refractivity contribution < 1.29 is 13.9 Å². The second-order valence-electron chi connectivity index (χ2n) is 10.8. The van der Waals surface area contributed by atoms with Crippen LogP contribution in [0.15, 0.2) is 169 Å². The van der Waals surface area contributed by atoms with Gasteiger partial charge in [0.2, 0.25) is 0 Å². The lowest BCUT2D eigenvalue weighted by Gasteiger charge is -2.28. The van der Waals surface area contributed by atoms with Crippen molar-refractivity contribution in [3.8, 4) is 5.75 Å². The molecule has 2 atom stereocenters. The summed E-state index contributed by atoms with van der Waals surface area (Å²) < 4.78 is 37.5. The van der Waals surface area contributed by atoms with Gasteiger partial charge in [0, 0.05) is 21.2 Å². The molecule has 0 N–H and O–H groups in total. The van der Waals surface area contributed by atoms with Crippen molar-refractivity contribution in [2.75, 3.05) is 0 Å². The normalized spacial score (nSPS) is 17.9. The standard InChI is InChI=1S/C37H30O3P2/c38-41(30-15-5-1-6-16-30,31-17-7-2-8-18-31)36-24-14-13-23-34(36)40-35-26-28-25-29(28)27-37(35)42(39,32-19-9-3-10-20-32)33-21-11-4-12-22-33/h1-24,26-29H,25H2. The van der Waals surface area contributed by atoms with E-state index in [2.05, 4.69) is 12.2 Å². The van der Waals surface area contributed by atoms with Gasteiger partial charge in [-0.2, -0.15) is 0 Å². The number of ether oxygens (including phenoxy) is 1.